The number of fused-ring (bicyclic) bond motifs is 1. The molecule has 0 unspecified atom stereocenters. The predicted octanol–water partition coefficient (Wildman–Crippen LogP) is 3.32. The van der Waals surface area contributed by atoms with Gasteiger partial charge in [-0.3, -0.25) is 4.79 Å². The third kappa shape index (κ3) is 2.81. The largest absolute Gasteiger partial charge is 0.320 e. The van der Waals surface area contributed by atoms with E-state index in [4.69, 9.17) is 0 Å². The van der Waals surface area contributed by atoms with Gasteiger partial charge in [-0.15, -0.1) is 15.3 Å². The highest BCUT2D eigenvalue weighted by Gasteiger charge is 2.18. The highest BCUT2D eigenvalue weighted by Crippen LogP contribution is 2.20. The van der Waals surface area contributed by atoms with Crippen LogP contribution in [0.4, 0.5) is 5.69 Å². The summed E-state index contributed by atoms with van der Waals surface area (Å²) in [5, 5.41) is 15.6. The van der Waals surface area contributed by atoms with E-state index in [0.717, 1.165) is 10.3 Å². The molecule has 6 nitrogen and oxygen atoms in total. The smallest absolute Gasteiger partial charge is 0.286 e. The summed E-state index contributed by atoms with van der Waals surface area (Å²) in [6, 6.07) is 7.41. The Morgan fingerprint density at radius 3 is 2.90 bits per heavy atom. The molecule has 0 bridgehead atoms. The fourth-order valence-corrected chi connectivity index (χ4v) is 2.98. The Kier molecular flexibility index (Phi) is 3.73. The Bertz CT molecular complexity index is 810. The van der Waals surface area contributed by atoms with Gasteiger partial charge in [0, 0.05) is 16.1 Å². The van der Waals surface area contributed by atoms with Crippen molar-refractivity contribution in [2.45, 2.75) is 19.8 Å². The van der Waals surface area contributed by atoms with E-state index >= 15 is 0 Å². The van der Waals surface area contributed by atoms with E-state index in [0.29, 0.717) is 15.7 Å². The van der Waals surface area contributed by atoms with Crippen LogP contribution >= 0.6 is 27.3 Å². The van der Waals surface area contributed by atoms with Crippen molar-refractivity contribution in [3.05, 3.63) is 39.6 Å². The van der Waals surface area contributed by atoms with Gasteiger partial charge in [-0.2, -0.15) is 4.52 Å². The number of rotatable bonds is 3. The molecule has 3 rings (SSSR count). The van der Waals surface area contributed by atoms with Gasteiger partial charge in [0.15, 0.2) is 5.82 Å². The van der Waals surface area contributed by atoms with Crippen molar-refractivity contribution in [2.24, 2.45) is 0 Å². The lowest BCUT2D eigenvalue weighted by Crippen LogP contribution is -2.12. The molecule has 0 aliphatic heterocycles. The molecule has 0 atom stereocenters. The fraction of sp³-hybridized carbons (Fsp3) is 0.231. The molecule has 0 radical (unpaired) electrons. The molecule has 1 N–H and O–H groups in total. The zero-order valence-corrected chi connectivity index (χ0v) is 13.8. The van der Waals surface area contributed by atoms with E-state index in [1.54, 1.807) is 4.52 Å². The molecule has 2 aromatic heterocycles. The average molecular weight is 366 g/mol. The van der Waals surface area contributed by atoms with Gasteiger partial charge in [-0.1, -0.05) is 47.2 Å². The molecule has 3 aromatic rings. The van der Waals surface area contributed by atoms with Crippen LogP contribution < -0.4 is 5.32 Å². The number of nitrogens with one attached hydrogen (secondary N) is 1. The lowest BCUT2D eigenvalue weighted by Gasteiger charge is -2.02. The molecular weight excluding hydrogens is 354 g/mol. The van der Waals surface area contributed by atoms with Crippen molar-refractivity contribution in [3.63, 3.8) is 0 Å². The Hall–Kier alpha value is -1.80. The van der Waals surface area contributed by atoms with Crippen molar-refractivity contribution in [1.29, 1.82) is 0 Å². The van der Waals surface area contributed by atoms with E-state index in [2.05, 4.69) is 36.5 Å². The maximum Gasteiger partial charge on any atom is 0.286 e. The summed E-state index contributed by atoms with van der Waals surface area (Å²) < 4.78 is 2.53. The minimum Gasteiger partial charge on any atom is -0.320 e. The Labute approximate surface area is 133 Å². The van der Waals surface area contributed by atoms with Gasteiger partial charge in [0.05, 0.1) is 0 Å². The molecule has 8 heteroatoms. The van der Waals surface area contributed by atoms with Crippen LogP contribution in [0.2, 0.25) is 0 Å². The Morgan fingerprint density at radius 2 is 2.19 bits per heavy atom. The lowest BCUT2D eigenvalue weighted by atomic mass is 10.2. The second-order valence-electron chi connectivity index (χ2n) is 4.78. The van der Waals surface area contributed by atoms with Gasteiger partial charge in [-0.25, -0.2) is 0 Å². The summed E-state index contributed by atoms with van der Waals surface area (Å²) in [4.78, 5) is 12.9. The van der Waals surface area contributed by atoms with Crippen LogP contribution in [0.25, 0.3) is 4.96 Å². The third-order valence-electron chi connectivity index (χ3n) is 2.81. The molecular formula is C13H12BrN5OS. The number of benzene rings is 1. The van der Waals surface area contributed by atoms with Crippen LogP contribution in [0.15, 0.2) is 28.7 Å². The number of amides is 1. The topological polar surface area (TPSA) is 72.2 Å². The monoisotopic (exact) mass is 365 g/mol. The van der Waals surface area contributed by atoms with Crippen molar-refractivity contribution < 1.29 is 4.79 Å². The first-order valence-corrected chi connectivity index (χ1v) is 7.94. The summed E-state index contributed by atoms with van der Waals surface area (Å²) in [6.07, 6.45) is 0. The molecule has 1 amide bonds. The Morgan fingerprint density at radius 1 is 1.38 bits per heavy atom. The first kappa shape index (κ1) is 14.2. The van der Waals surface area contributed by atoms with Crippen molar-refractivity contribution in [2.75, 3.05) is 5.32 Å². The Balaban J connectivity index is 1.88. The van der Waals surface area contributed by atoms with Gasteiger partial charge in [0.25, 0.3) is 5.91 Å². The number of aromatic nitrogens is 4. The van der Waals surface area contributed by atoms with E-state index in [9.17, 15) is 4.79 Å². The fourth-order valence-electron chi connectivity index (χ4n) is 1.83. The molecule has 108 valence electrons. The lowest BCUT2D eigenvalue weighted by molar-refractivity contribution is 0.102. The predicted molar refractivity (Wildman–Crippen MR) is 84.8 cm³/mol. The maximum atomic E-state index is 12.2. The SMILES string of the molecule is CC(C)c1nnc2sc(C(=O)Nc3cccc(Br)c3)nn12. The zero-order chi connectivity index (χ0) is 15.0. The molecule has 0 saturated carbocycles. The average Bonchev–Trinajstić information content (AvgIpc) is 2.97. The van der Waals surface area contributed by atoms with Crippen molar-refractivity contribution in [1.82, 2.24) is 19.8 Å². The van der Waals surface area contributed by atoms with Crippen molar-refractivity contribution in [3.8, 4) is 0 Å². The summed E-state index contributed by atoms with van der Waals surface area (Å²) in [6.45, 7) is 4.02. The van der Waals surface area contributed by atoms with E-state index in [-0.39, 0.29) is 11.8 Å². The number of carbonyl (C=O) groups excluding carboxylic acids is 1. The summed E-state index contributed by atoms with van der Waals surface area (Å²) in [7, 11) is 0. The van der Waals surface area contributed by atoms with Gasteiger partial charge >= 0.3 is 0 Å². The number of halogens is 1. The highest BCUT2D eigenvalue weighted by molar-refractivity contribution is 9.10. The van der Waals surface area contributed by atoms with Crippen molar-refractivity contribution >= 4 is 43.8 Å². The molecule has 0 fully saturated rings. The molecule has 0 aliphatic carbocycles. The second-order valence-corrected chi connectivity index (χ2v) is 6.65. The standard InChI is InChI=1S/C13H12BrN5OS/c1-7(2)10-16-17-13-19(10)18-12(21-13)11(20)15-9-5-3-4-8(14)6-9/h3-7H,1-2H3,(H,15,20). The quantitative estimate of drug-likeness (QED) is 0.772. The van der Waals surface area contributed by atoms with Gasteiger partial charge < -0.3 is 5.32 Å². The molecule has 0 aliphatic rings. The molecule has 1 aromatic carbocycles. The molecule has 0 saturated heterocycles. The van der Waals surface area contributed by atoms with Gasteiger partial charge in [0.1, 0.15) is 0 Å². The van der Waals surface area contributed by atoms with Crippen LogP contribution in [0.5, 0.6) is 0 Å². The third-order valence-corrected chi connectivity index (χ3v) is 4.20. The van der Waals surface area contributed by atoms with Gasteiger partial charge in [-0.05, 0) is 18.2 Å². The van der Waals surface area contributed by atoms with Crippen LogP contribution in [0.3, 0.4) is 0 Å². The van der Waals surface area contributed by atoms with E-state index in [1.807, 2.05) is 38.1 Å². The number of anilines is 1. The highest BCUT2D eigenvalue weighted by atomic mass is 79.9. The van der Waals surface area contributed by atoms with Gasteiger partial charge in [0.2, 0.25) is 9.97 Å². The van der Waals surface area contributed by atoms with E-state index < -0.39 is 0 Å². The number of nitrogens with zero attached hydrogens (tertiary/aromatic N) is 4. The summed E-state index contributed by atoms with van der Waals surface area (Å²) in [5.41, 5.74) is 0.712. The first-order valence-electron chi connectivity index (χ1n) is 6.33. The minimum absolute atomic E-state index is 0.197. The molecule has 0 spiro atoms. The second kappa shape index (κ2) is 5.53. The van der Waals surface area contributed by atoms with Crippen LogP contribution in [0.1, 0.15) is 35.4 Å². The van der Waals surface area contributed by atoms with Crippen LogP contribution in [-0.2, 0) is 0 Å². The van der Waals surface area contributed by atoms with Crippen LogP contribution in [0, 0.1) is 0 Å². The number of hydrogen-bond donors (Lipinski definition) is 1. The minimum atomic E-state index is -0.252. The van der Waals surface area contributed by atoms with E-state index in [1.165, 1.54) is 11.3 Å². The maximum absolute atomic E-state index is 12.2. The number of hydrogen-bond acceptors (Lipinski definition) is 5. The molecule has 2 heterocycles. The first-order chi connectivity index (χ1) is 10.0. The summed E-state index contributed by atoms with van der Waals surface area (Å²) >= 11 is 4.59. The zero-order valence-electron chi connectivity index (χ0n) is 11.4. The number of carbonyl (C=O) groups is 1. The summed E-state index contributed by atoms with van der Waals surface area (Å²) in [5.74, 6) is 0.698. The normalized spacial score (nSPS) is 11.2. The molecule has 21 heavy (non-hydrogen) atoms. The van der Waals surface area contributed by atoms with Crippen LogP contribution in [-0.4, -0.2) is 25.7 Å².